The molecule has 0 saturated carbocycles. The Morgan fingerprint density at radius 1 is 1.08 bits per heavy atom. The summed E-state index contributed by atoms with van der Waals surface area (Å²) in [4.78, 5) is 11.9. The first-order chi connectivity index (χ1) is 11.9. The summed E-state index contributed by atoms with van der Waals surface area (Å²) in [7, 11) is 1.28. The third-order valence-electron chi connectivity index (χ3n) is 3.65. The third kappa shape index (κ3) is 3.61. The number of hydrogen-bond donors (Lipinski definition) is 0. The van der Waals surface area contributed by atoms with Crippen molar-refractivity contribution in [2.45, 2.75) is 12.8 Å². The first kappa shape index (κ1) is 17.3. The minimum atomic E-state index is -4.37. The number of carbonyl (C=O) groups excluding carboxylic acids is 1. The molecule has 0 spiro atoms. The van der Waals surface area contributed by atoms with E-state index in [9.17, 15) is 18.0 Å². The van der Waals surface area contributed by atoms with Crippen molar-refractivity contribution in [3.8, 4) is 5.75 Å². The minimum Gasteiger partial charge on any atom is -0.486 e. The SMILES string of the molecule is COC(=O)c1ccc2ccsc2c1OCc1ccc(C(F)(F)F)cc1. The van der Waals surface area contributed by atoms with Crippen molar-refractivity contribution in [3.63, 3.8) is 0 Å². The van der Waals surface area contributed by atoms with E-state index in [1.54, 1.807) is 12.1 Å². The molecule has 1 heterocycles. The molecule has 0 bridgehead atoms. The van der Waals surface area contributed by atoms with Crippen molar-refractivity contribution >= 4 is 27.4 Å². The number of esters is 1. The van der Waals surface area contributed by atoms with Crippen LogP contribution in [-0.4, -0.2) is 13.1 Å². The van der Waals surface area contributed by atoms with E-state index in [2.05, 4.69) is 0 Å². The number of rotatable bonds is 4. The van der Waals surface area contributed by atoms with Crippen LogP contribution >= 0.6 is 11.3 Å². The van der Waals surface area contributed by atoms with E-state index in [-0.39, 0.29) is 12.2 Å². The molecule has 0 aliphatic carbocycles. The zero-order valence-electron chi connectivity index (χ0n) is 13.1. The average molecular weight is 366 g/mol. The molecule has 0 N–H and O–H groups in total. The zero-order chi connectivity index (χ0) is 18.0. The minimum absolute atomic E-state index is 0.0408. The van der Waals surface area contributed by atoms with Gasteiger partial charge in [-0.3, -0.25) is 0 Å². The van der Waals surface area contributed by atoms with Gasteiger partial charge < -0.3 is 9.47 Å². The Morgan fingerprint density at radius 3 is 2.44 bits per heavy atom. The zero-order valence-corrected chi connectivity index (χ0v) is 13.9. The molecule has 0 fully saturated rings. The Bertz CT molecular complexity index is 898. The van der Waals surface area contributed by atoms with Crippen molar-refractivity contribution < 1.29 is 27.4 Å². The van der Waals surface area contributed by atoms with E-state index in [0.29, 0.717) is 11.3 Å². The lowest BCUT2D eigenvalue weighted by molar-refractivity contribution is -0.137. The lowest BCUT2D eigenvalue weighted by Gasteiger charge is -2.12. The molecule has 3 rings (SSSR count). The highest BCUT2D eigenvalue weighted by Crippen LogP contribution is 2.35. The molecule has 0 radical (unpaired) electrons. The predicted octanol–water partition coefficient (Wildman–Crippen LogP) is 5.29. The van der Waals surface area contributed by atoms with Crippen LogP contribution in [0.25, 0.3) is 10.1 Å². The Hall–Kier alpha value is -2.54. The van der Waals surface area contributed by atoms with Gasteiger partial charge in [0.2, 0.25) is 0 Å². The Labute approximate surface area is 145 Å². The maximum absolute atomic E-state index is 12.6. The van der Waals surface area contributed by atoms with E-state index in [1.807, 2.05) is 11.4 Å². The van der Waals surface area contributed by atoms with E-state index < -0.39 is 17.7 Å². The summed E-state index contributed by atoms with van der Waals surface area (Å²) < 4.78 is 49.2. The number of benzene rings is 2. The number of halogens is 3. The van der Waals surface area contributed by atoms with Gasteiger partial charge in [0.05, 0.1) is 17.4 Å². The predicted molar refractivity (Wildman–Crippen MR) is 88.9 cm³/mol. The van der Waals surface area contributed by atoms with Crippen LogP contribution in [0.5, 0.6) is 5.75 Å². The number of fused-ring (bicyclic) bond motifs is 1. The summed E-state index contributed by atoms with van der Waals surface area (Å²) in [5.74, 6) is -0.156. The van der Waals surface area contributed by atoms with Crippen LogP contribution in [-0.2, 0) is 17.5 Å². The second kappa shape index (κ2) is 6.76. The highest BCUT2D eigenvalue weighted by Gasteiger charge is 2.30. The van der Waals surface area contributed by atoms with Crippen LogP contribution in [0, 0.1) is 0 Å². The van der Waals surface area contributed by atoms with E-state index in [4.69, 9.17) is 9.47 Å². The fourth-order valence-corrected chi connectivity index (χ4v) is 3.26. The molecule has 0 aliphatic heterocycles. The molecular formula is C18H13F3O3S. The first-order valence-corrected chi connectivity index (χ1v) is 8.15. The maximum atomic E-state index is 12.6. The van der Waals surface area contributed by atoms with Gasteiger partial charge >= 0.3 is 12.1 Å². The molecule has 0 atom stereocenters. The van der Waals surface area contributed by atoms with Crippen molar-refractivity contribution in [2.24, 2.45) is 0 Å². The molecule has 0 aliphatic rings. The molecule has 25 heavy (non-hydrogen) atoms. The van der Waals surface area contributed by atoms with Gasteiger partial charge in [0.15, 0.2) is 5.75 Å². The normalized spacial score (nSPS) is 11.5. The van der Waals surface area contributed by atoms with E-state index >= 15 is 0 Å². The highest BCUT2D eigenvalue weighted by molar-refractivity contribution is 7.17. The Balaban J connectivity index is 1.87. The smallest absolute Gasteiger partial charge is 0.416 e. The lowest BCUT2D eigenvalue weighted by atomic mass is 10.1. The Morgan fingerprint density at radius 2 is 1.80 bits per heavy atom. The van der Waals surface area contributed by atoms with Crippen LogP contribution in [0.2, 0.25) is 0 Å². The number of carbonyl (C=O) groups is 1. The van der Waals surface area contributed by atoms with Crippen LogP contribution in [0.4, 0.5) is 13.2 Å². The molecule has 3 nitrogen and oxygen atoms in total. The van der Waals surface area contributed by atoms with Gasteiger partial charge in [-0.25, -0.2) is 4.79 Å². The molecule has 130 valence electrons. The summed E-state index contributed by atoms with van der Waals surface area (Å²) in [5.41, 5.74) is 0.133. The molecule has 0 saturated heterocycles. The van der Waals surface area contributed by atoms with Gasteiger partial charge in [-0.15, -0.1) is 11.3 Å². The average Bonchev–Trinajstić information content (AvgIpc) is 3.07. The van der Waals surface area contributed by atoms with Crippen molar-refractivity contribution in [1.82, 2.24) is 0 Å². The second-order valence-corrected chi connectivity index (χ2v) is 6.17. The fraction of sp³-hybridized carbons (Fsp3) is 0.167. The highest BCUT2D eigenvalue weighted by atomic mass is 32.1. The van der Waals surface area contributed by atoms with Crippen molar-refractivity contribution in [3.05, 3.63) is 64.5 Å². The largest absolute Gasteiger partial charge is 0.486 e. The van der Waals surface area contributed by atoms with Crippen molar-refractivity contribution in [1.29, 1.82) is 0 Å². The van der Waals surface area contributed by atoms with Gasteiger partial charge in [0.1, 0.15) is 12.2 Å². The second-order valence-electron chi connectivity index (χ2n) is 5.26. The number of ether oxygens (including phenoxy) is 2. The van der Waals surface area contributed by atoms with Crippen LogP contribution in [0.3, 0.4) is 0 Å². The lowest BCUT2D eigenvalue weighted by Crippen LogP contribution is -2.07. The Kier molecular flexibility index (Phi) is 4.67. The van der Waals surface area contributed by atoms with Gasteiger partial charge in [-0.2, -0.15) is 13.2 Å². The number of alkyl halides is 3. The number of methoxy groups -OCH3 is 1. The van der Waals surface area contributed by atoms with Crippen LogP contribution in [0.15, 0.2) is 47.8 Å². The van der Waals surface area contributed by atoms with Crippen molar-refractivity contribution in [2.75, 3.05) is 7.11 Å². The summed E-state index contributed by atoms with van der Waals surface area (Å²) in [6.45, 7) is 0.0408. The van der Waals surface area contributed by atoms with Gasteiger partial charge in [0, 0.05) is 0 Å². The number of thiophene rings is 1. The number of hydrogen-bond acceptors (Lipinski definition) is 4. The molecule has 0 amide bonds. The van der Waals surface area contributed by atoms with Crippen LogP contribution < -0.4 is 4.74 Å². The molecule has 3 aromatic rings. The summed E-state index contributed by atoms with van der Waals surface area (Å²) in [5, 5.41) is 2.79. The van der Waals surface area contributed by atoms with Gasteiger partial charge in [-0.05, 0) is 40.6 Å². The summed E-state index contributed by atoms with van der Waals surface area (Å²) >= 11 is 1.42. The monoisotopic (exact) mass is 366 g/mol. The quantitative estimate of drug-likeness (QED) is 0.589. The van der Waals surface area contributed by atoms with Gasteiger partial charge in [-0.1, -0.05) is 18.2 Å². The van der Waals surface area contributed by atoms with Crippen LogP contribution in [0.1, 0.15) is 21.5 Å². The molecule has 2 aromatic carbocycles. The van der Waals surface area contributed by atoms with E-state index in [1.165, 1.54) is 30.6 Å². The standard InChI is InChI=1S/C18H13F3O3S/c1-23-17(22)14-7-4-12-8-9-25-16(12)15(14)24-10-11-2-5-13(6-3-11)18(19,20)21/h2-9H,10H2,1H3. The third-order valence-corrected chi connectivity index (χ3v) is 4.57. The maximum Gasteiger partial charge on any atom is 0.416 e. The topological polar surface area (TPSA) is 35.5 Å². The first-order valence-electron chi connectivity index (χ1n) is 7.27. The molecule has 1 aromatic heterocycles. The van der Waals surface area contributed by atoms with Gasteiger partial charge in [0.25, 0.3) is 0 Å². The molecule has 0 unspecified atom stereocenters. The van der Waals surface area contributed by atoms with E-state index in [0.717, 1.165) is 22.2 Å². The summed E-state index contributed by atoms with van der Waals surface area (Å²) in [6, 6.07) is 10.0. The summed E-state index contributed by atoms with van der Waals surface area (Å²) in [6.07, 6.45) is -4.37. The molecular weight excluding hydrogens is 353 g/mol. The fourth-order valence-electron chi connectivity index (χ4n) is 2.37. The molecule has 7 heteroatoms.